The molecule has 0 N–H and O–H groups in total. The van der Waals surface area contributed by atoms with E-state index in [1.54, 1.807) is 12.1 Å². The molecule has 0 nitrogen and oxygen atoms in total. The first-order valence-corrected chi connectivity index (χ1v) is 9.87. The van der Waals surface area contributed by atoms with Gasteiger partial charge in [-0.2, -0.15) is 13.2 Å². The summed E-state index contributed by atoms with van der Waals surface area (Å²) in [5, 5.41) is 0. The highest BCUT2D eigenvalue weighted by atomic mass is 19.4. The molecule has 0 aliphatic heterocycles. The summed E-state index contributed by atoms with van der Waals surface area (Å²) in [5.74, 6) is -5.44. The fraction of sp³-hybridized carbons (Fsp3) is 0.200. The fourth-order valence-electron chi connectivity index (χ4n) is 3.41. The Balaban J connectivity index is 1.99. The first kappa shape index (κ1) is 23.6. The summed E-state index contributed by atoms with van der Waals surface area (Å²) in [4.78, 5) is 0. The number of rotatable bonds is 6. The lowest BCUT2D eigenvalue weighted by atomic mass is 9.95. The van der Waals surface area contributed by atoms with E-state index in [0.717, 1.165) is 37.0 Å². The van der Waals surface area contributed by atoms with Gasteiger partial charge < -0.3 is 0 Å². The van der Waals surface area contributed by atoms with Crippen molar-refractivity contribution in [1.82, 2.24) is 0 Å². The van der Waals surface area contributed by atoms with Crippen molar-refractivity contribution in [3.63, 3.8) is 0 Å². The molecule has 0 aromatic heterocycles. The summed E-state index contributed by atoms with van der Waals surface area (Å²) in [7, 11) is 0. The van der Waals surface area contributed by atoms with Crippen LogP contribution in [-0.4, -0.2) is 6.18 Å². The summed E-state index contributed by atoms with van der Waals surface area (Å²) in [5.41, 5.74) is -2.57. The van der Waals surface area contributed by atoms with Crippen LogP contribution in [0.15, 0.2) is 55.1 Å². The number of hydrogen-bond acceptors (Lipinski definition) is 0. The van der Waals surface area contributed by atoms with Crippen molar-refractivity contribution in [2.75, 3.05) is 0 Å². The Morgan fingerprint density at radius 3 is 1.72 bits per heavy atom. The maximum absolute atomic E-state index is 14.8. The second-order valence-electron chi connectivity index (χ2n) is 7.41. The molecule has 0 aliphatic rings. The van der Waals surface area contributed by atoms with E-state index in [2.05, 4.69) is 13.5 Å². The van der Waals surface area contributed by atoms with Crippen molar-refractivity contribution in [3.8, 4) is 22.3 Å². The number of aryl methyl sites for hydroxylation is 1. The topological polar surface area (TPSA) is 0 Å². The Hall–Kier alpha value is -3.09. The van der Waals surface area contributed by atoms with E-state index in [-0.39, 0.29) is 5.56 Å². The van der Waals surface area contributed by atoms with Crippen molar-refractivity contribution in [1.29, 1.82) is 0 Å². The number of alkyl halides is 3. The molecule has 0 amide bonds. The number of allylic oxidation sites excluding steroid dienone is 1. The second kappa shape index (κ2) is 9.18. The Labute approximate surface area is 181 Å². The van der Waals surface area contributed by atoms with Crippen molar-refractivity contribution >= 4 is 5.57 Å². The zero-order valence-corrected chi connectivity index (χ0v) is 17.1. The van der Waals surface area contributed by atoms with Crippen LogP contribution in [0.3, 0.4) is 0 Å². The maximum atomic E-state index is 14.8. The molecule has 0 heterocycles. The fourth-order valence-corrected chi connectivity index (χ4v) is 3.41. The molecule has 0 atom stereocenters. The van der Waals surface area contributed by atoms with Crippen LogP contribution < -0.4 is 0 Å². The quantitative estimate of drug-likeness (QED) is 0.329. The molecule has 0 radical (unpaired) electrons. The lowest BCUT2D eigenvalue weighted by Gasteiger charge is -2.14. The van der Waals surface area contributed by atoms with Crippen LogP contribution in [0, 0.1) is 23.3 Å². The van der Waals surface area contributed by atoms with Crippen LogP contribution in [0.25, 0.3) is 27.8 Å². The number of unbranched alkanes of at least 4 members (excludes halogenated alkanes) is 1. The van der Waals surface area contributed by atoms with Crippen LogP contribution in [0.1, 0.15) is 30.9 Å². The lowest BCUT2D eigenvalue weighted by Crippen LogP contribution is -2.12. The molecule has 0 aliphatic carbocycles. The van der Waals surface area contributed by atoms with Crippen LogP contribution in [-0.2, 0) is 6.42 Å². The minimum absolute atomic E-state index is 0.216. The Kier molecular flexibility index (Phi) is 6.77. The van der Waals surface area contributed by atoms with Crippen molar-refractivity contribution in [2.24, 2.45) is 0 Å². The van der Waals surface area contributed by atoms with Gasteiger partial charge >= 0.3 is 6.18 Å². The highest BCUT2D eigenvalue weighted by Gasteiger charge is 2.36. The summed E-state index contributed by atoms with van der Waals surface area (Å²) in [6.07, 6.45) is -2.13. The van der Waals surface area contributed by atoms with E-state index < -0.39 is 51.7 Å². The molecular weight excluding hydrogens is 433 g/mol. The predicted molar refractivity (Wildman–Crippen MR) is 111 cm³/mol. The van der Waals surface area contributed by atoms with Gasteiger partial charge in [-0.05, 0) is 59.4 Å². The number of benzene rings is 3. The third-order valence-corrected chi connectivity index (χ3v) is 5.12. The molecule has 0 bridgehead atoms. The molecular formula is C25H19F7. The number of halogens is 7. The van der Waals surface area contributed by atoms with Crippen LogP contribution in [0.2, 0.25) is 0 Å². The Morgan fingerprint density at radius 1 is 0.750 bits per heavy atom. The zero-order chi connectivity index (χ0) is 23.6. The molecule has 0 fully saturated rings. The second-order valence-corrected chi connectivity index (χ2v) is 7.41. The van der Waals surface area contributed by atoms with Gasteiger partial charge in [0.1, 0.15) is 23.3 Å². The largest absolute Gasteiger partial charge is 0.416 e. The first-order valence-electron chi connectivity index (χ1n) is 9.87. The van der Waals surface area contributed by atoms with E-state index in [4.69, 9.17) is 0 Å². The predicted octanol–water partition coefficient (Wildman–Crippen LogP) is 8.50. The van der Waals surface area contributed by atoms with Gasteiger partial charge in [-0.15, -0.1) is 0 Å². The third kappa shape index (κ3) is 4.87. The normalized spacial score (nSPS) is 11.6. The molecule has 0 unspecified atom stereocenters. The van der Waals surface area contributed by atoms with E-state index in [9.17, 15) is 30.7 Å². The van der Waals surface area contributed by atoms with E-state index in [1.807, 2.05) is 12.1 Å². The van der Waals surface area contributed by atoms with Crippen molar-refractivity contribution in [3.05, 3.63) is 89.5 Å². The van der Waals surface area contributed by atoms with Gasteiger partial charge in [0.25, 0.3) is 0 Å². The van der Waals surface area contributed by atoms with Gasteiger partial charge in [0.05, 0.1) is 16.7 Å². The van der Waals surface area contributed by atoms with Gasteiger partial charge in [-0.25, -0.2) is 17.6 Å². The highest BCUT2D eigenvalue weighted by molar-refractivity contribution is 5.75. The van der Waals surface area contributed by atoms with Gasteiger partial charge in [0.2, 0.25) is 0 Å². The average molecular weight is 452 g/mol. The molecule has 3 aromatic carbocycles. The van der Waals surface area contributed by atoms with Gasteiger partial charge in [-0.1, -0.05) is 44.2 Å². The van der Waals surface area contributed by atoms with E-state index in [1.165, 1.54) is 0 Å². The average Bonchev–Trinajstić information content (AvgIpc) is 2.71. The molecule has 0 saturated heterocycles. The Morgan fingerprint density at radius 2 is 1.25 bits per heavy atom. The minimum atomic E-state index is -5.06. The van der Waals surface area contributed by atoms with Crippen molar-refractivity contribution < 1.29 is 30.7 Å². The molecule has 0 spiro atoms. The van der Waals surface area contributed by atoms with Crippen LogP contribution in [0.5, 0.6) is 0 Å². The standard InChI is InChI=1S/C25H19F7/c1-3-4-5-15-6-8-16(9-7-15)17-10-21(28)24(22(29)11-17)18-12-19(26)23(20(27)13-18)14(2)25(30,31)32/h6-13H,2-5H2,1H3. The Bertz CT molecular complexity index is 1100. The smallest absolute Gasteiger partial charge is 0.206 e. The molecule has 0 saturated carbocycles. The van der Waals surface area contributed by atoms with Gasteiger partial charge in [0.15, 0.2) is 0 Å². The lowest BCUT2D eigenvalue weighted by molar-refractivity contribution is -0.0690. The van der Waals surface area contributed by atoms with Crippen molar-refractivity contribution in [2.45, 2.75) is 32.4 Å². The van der Waals surface area contributed by atoms with Gasteiger partial charge in [-0.3, -0.25) is 0 Å². The third-order valence-electron chi connectivity index (χ3n) is 5.12. The molecule has 168 valence electrons. The SMILES string of the molecule is C=C(c1c(F)cc(-c2c(F)cc(-c3ccc(CCCC)cc3)cc2F)cc1F)C(F)(F)F. The first-order chi connectivity index (χ1) is 15.0. The summed E-state index contributed by atoms with van der Waals surface area (Å²) < 4.78 is 96.4. The summed E-state index contributed by atoms with van der Waals surface area (Å²) in [6, 6.07) is 10.1. The van der Waals surface area contributed by atoms with Crippen LogP contribution >= 0.6 is 0 Å². The number of hydrogen-bond donors (Lipinski definition) is 0. The summed E-state index contributed by atoms with van der Waals surface area (Å²) in [6.45, 7) is 4.74. The molecule has 32 heavy (non-hydrogen) atoms. The summed E-state index contributed by atoms with van der Waals surface area (Å²) >= 11 is 0. The van der Waals surface area contributed by atoms with E-state index >= 15 is 0 Å². The van der Waals surface area contributed by atoms with Crippen LogP contribution in [0.4, 0.5) is 30.7 Å². The molecule has 3 rings (SSSR count). The highest BCUT2D eigenvalue weighted by Crippen LogP contribution is 2.38. The molecule has 3 aromatic rings. The monoisotopic (exact) mass is 452 g/mol. The maximum Gasteiger partial charge on any atom is 0.416 e. The zero-order valence-electron chi connectivity index (χ0n) is 17.1. The minimum Gasteiger partial charge on any atom is -0.206 e. The molecule has 7 heteroatoms. The van der Waals surface area contributed by atoms with E-state index in [0.29, 0.717) is 17.7 Å². The van der Waals surface area contributed by atoms with Gasteiger partial charge in [0, 0.05) is 0 Å².